The van der Waals surface area contributed by atoms with E-state index in [9.17, 15) is 0 Å². The zero-order valence-electron chi connectivity index (χ0n) is 18.5. The van der Waals surface area contributed by atoms with Gasteiger partial charge in [0.25, 0.3) is 0 Å². The van der Waals surface area contributed by atoms with Crippen molar-refractivity contribution in [1.82, 2.24) is 24.9 Å². The fourth-order valence-corrected chi connectivity index (χ4v) is 4.80. The maximum atomic E-state index is 5.53. The molecule has 0 amide bonds. The van der Waals surface area contributed by atoms with Gasteiger partial charge in [0.1, 0.15) is 5.01 Å². The van der Waals surface area contributed by atoms with Crippen LogP contribution in [0.4, 0.5) is 0 Å². The van der Waals surface area contributed by atoms with E-state index in [1.165, 1.54) is 11.1 Å². The van der Waals surface area contributed by atoms with Crippen LogP contribution in [-0.2, 0) is 13.1 Å². The van der Waals surface area contributed by atoms with E-state index in [1.807, 2.05) is 18.2 Å². The van der Waals surface area contributed by atoms with Crippen molar-refractivity contribution in [1.29, 1.82) is 0 Å². The Morgan fingerprint density at radius 1 is 0.875 bits per heavy atom. The second kappa shape index (κ2) is 9.32. The summed E-state index contributed by atoms with van der Waals surface area (Å²) in [6, 6.07) is 16.7. The Hall–Kier alpha value is -2.87. The highest BCUT2D eigenvalue weighted by molar-refractivity contribution is 7.13. The van der Waals surface area contributed by atoms with Crippen LogP contribution in [-0.4, -0.2) is 51.1 Å². The van der Waals surface area contributed by atoms with E-state index in [4.69, 9.17) is 9.51 Å². The average Bonchev–Trinajstić information content (AvgIpc) is 3.46. The number of nitrogens with zero attached hydrogens (tertiary/aromatic N) is 5. The summed E-state index contributed by atoms with van der Waals surface area (Å²) in [5.74, 6) is 1.35. The van der Waals surface area contributed by atoms with Crippen molar-refractivity contribution >= 4 is 11.3 Å². The topological polar surface area (TPSA) is 58.3 Å². The van der Waals surface area contributed by atoms with Gasteiger partial charge in [-0.05, 0) is 19.4 Å². The maximum Gasteiger partial charge on any atom is 0.241 e. The van der Waals surface area contributed by atoms with E-state index in [0.717, 1.165) is 54.6 Å². The molecule has 0 N–H and O–H groups in total. The first kappa shape index (κ1) is 21.0. The molecule has 0 unspecified atom stereocenters. The van der Waals surface area contributed by atoms with Crippen LogP contribution in [0.25, 0.3) is 22.0 Å². The lowest BCUT2D eigenvalue weighted by molar-refractivity contribution is 0.111. The van der Waals surface area contributed by atoms with Crippen molar-refractivity contribution in [3.05, 3.63) is 76.6 Å². The van der Waals surface area contributed by atoms with Gasteiger partial charge in [0.2, 0.25) is 11.7 Å². The highest BCUT2D eigenvalue weighted by atomic mass is 32.1. The summed E-state index contributed by atoms with van der Waals surface area (Å²) in [5.41, 5.74) is 5.80. The van der Waals surface area contributed by atoms with Crippen LogP contribution in [0.3, 0.4) is 0 Å². The van der Waals surface area contributed by atoms with Gasteiger partial charge in [-0.3, -0.25) is 9.80 Å². The van der Waals surface area contributed by atoms with Gasteiger partial charge in [0, 0.05) is 49.2 Å². The summed E-state index contributed by atoms with van der Waals surface area (Å²) in [4.78, 5) is 14.3. The van der Waals surface area contributed by atoms with E-state index in [2.05, 4.69) is 69.5 Å². The molecule has 7 heteroatoms. The van der Waals surface area contributed by atoms with Crippen molar-refractivity contribution in [2.75, 3.05) is 26.2 Å². The van der Waals surface area contributed by atoms with Gasteiger partial charge >= 0.3 is 0 Å². The molecule has 2 aromatic carbocycles. The largest absolute Gasteiger partial charge is 0.338 e. The minimum Gasteiger partial charge on any atom is -0.338 e. The lowest BCUT2D eigenvalue weighted by Crippen LogP contribution is -2.45. The second-order valence-electron chi connectivity index (χ2n) is 8.39. The van der Waals surface area contributed by atoms with Gasteiger partial charge in [0.05, 0.1) is 12.2 Å². The molecule has 32 heavy (non-hydrogen) atoms. The number of aromatic nitrogens is 3. The zero-order chi connectivity index (χ0) is 21.9. The van der Waals surface area contributed by atoms with Gasteiger partial charge in [-0.2, -0.15) is 4.98 Å². The van der Waals surface area contributed by atoms with Crippen molar-refractivity contribution in [3.63, 3.8) is 0 Å². The molecule has 1 saturated heterocycles. The first-order valence-corrected chi connectivity index (χ1v) is 11.9. The first-order chi connectivity index (χ1) is 15.6. The fraction of sp³-hybridized carbons (Fsp3) is 0.320. The Morgan fingerprint density at radius 3 is 2.34 bits per heavy atom. The lowest BCUT2D eigenvalue weighted by atomic mass is 10.1. The fourth-order valence-electron chi connectivity index (χ4n) is 3.99. The van der Waals surface area contributed by atoms with E-state index in [-0.39, 0.29) is 0 Å². The summed E-state index contributed by atoms with van der Waals surface area (Å²) < 4.78 is 5.53. The number of thiazole rings is 1. The van der Waals surface area contributed by atoms with Gasteiger partial charge in [-0.25, -0.2) is 4.98 Å². The molecule has 4 aromatic rings. The van der Waals surface area contributed by atoms with Crippen LogP contribution < -0.4 is 0 Å². The Kier molecular flexibility index (Phi) is 6.12. The van der Waals surface area contributed by atoms with E-state index in [1.54, 1.807) is 11.3 Å². The summed E-state index contributed by atoms with van der Waals surface area (Å²) in [5, 5.41) is 7.47. The number of hydrogen-bond donors (Lipinski definition) is 0. The van der Waals surface area contributed by atoms with Crippen molar-refractivity contribution in [3.8, 4) is 22.0 Å². The molecular weight excluding hydrogens is 418 g/mol. The van der Waals surface area contributed by atoms with Crippen molar-refractivity contribution in [2.24, 2.45) is 0 Å². The van der Waals surface area contributed by atoms with E-state index >= 15 is 0 Å². The van der Waals surface area contributed by atoms with Crippen molar-refractivity contribution in [2.45, 2.75) is 26.9 Å². The predicted octanol–water partition coefficient (Wildman–Crippen LogP) is 4.79. The van der Waals surface area contributed by atoms with Crippen LogP contribution in [0.15, 0.2) is 58.4 Å². The van der Waals surface area contributed by atoms with Crippen LogP contribution >= 0.6 is 11.3 Å². The SMILES string of the molecule is Cc1ccc(-c2nc(CN3CCN(Cc4nc(-c5ccccc5C)no4)CC3)cs2)cc1. The molecule has 3 heterocycles. The molecule has 0 bridgehead atoms. The van der Waals surface area contributed by atoms with Gasteiger partial charge < -0.3 is 4.52 Å². The number of aryl methyl sites for hydroxylation is 2. The third kappa shape index (κ3) is 4.80. The average molecular weight is 446 g/mol. The molecule has 0 saturated carbocycles. The summed E-state index contributed by atoms with van der Waals surface area (Å²) in [6.07, 6.45) is 0. The summed E-state index contributed by atoms with van der Waals surface area (Å²) >= 11 is 1.73. The predicted molar refractivity (Wildman–Crippen MR) is 127 cm³/mol. The molecule has 5 rings (SSSR count). The maximum absolute atomic E-state index is 5.53. The lowest BCUT2D eigenvalue weighted by Gasteiger charge is -2.33. The van der Waals surface area contributed by atoms with Gasteiger partial charge in [0.15, 0.2) is 0 Å². The standard InChI is InChI=1S/C25H27N5OS/c1-18-7-9-20(10-8-18)25-26-21(17-32-25)15-29-11-13-30(14-12-29)16-23-27-24(28-31-23)22-6-4-3-5-19(22)2/h3-10,17H,11-16H2,1-2H3. The molecule has 1 aliphatic heterocycles. The van der Waals surface area contributed by atoms with Crippen LogP contribution in [0.5, 0.6) is 0 Å². The smallest absolute Gasteiger partial charge is 0.241 e. The third-order valence-electron chi connectivity index (χ3n) is 5.91. The molecule has 0 spiro atoms. The quantitative estimate of drug-likeness (QED) is 0.425. The van der Waals surface area contributed by atoms with Gasteiger partial charge in [-0.15, -0.1) is 11.3 Å². The van der Waals surface area contributed by atoms with Crippen LogP contribution in [0.2, 0.25) is 0 Å². The minimum absolute atomic E-state index is 0.671. The molecular formula is C25H27N5OS. The molecule has 0 atom stereocenters. The normalized spacial score (nSPS) is 15.3. The van der Waals surface area contributed by atoms with Gasteiger partial charge in [-0.1, -0.05) is 59.3 Å². The summed E-state index contributed by atoms with van der Waals surface area (Å²) in [6.45, 7) is 9.75. The molecule has 164 valence electrons. The third-order valence-corrected chi connectivity index (χ3v) is 6.85. The molecule has 6 nitrogen and oxygen atoms in total. The Morgan fingerprint density at radius 2 is 1.59 bits per heavy atom. The number of benzene rings is 2. The molecule has 1 fully saturated rings. The Bertz CT molecular complexity index is 1180. The molecule has 0 radical (unpaired) electrons. The molecule has 1 aliphatic rings. The van der Waals surface area contributed by atoms with Crippen LogP contribution in [0, 0.1) is 13.8 Å². The minimum atomic E-state index is 0.671. The Balaban J connectivity index is 1.14. The zero-order valence-corrected chi connectivity index (χ0v) is 19.3. The number of piperazine rings is 1. The van der Waals surface area contributed by atoms with Crippen LogP contribution in [0.1, 0.15) is 22.7 Å². The van der Waals surface area contributed by atoms with Crippen molar-refractivity contribution < 1.29 is 4.52 Å². The van der Waals surface area contributed by atoms with E-state index in [0.29, 0.717) is 18.3 Å². The highest BCUT2D eigenvalue weighted by Crippen LogP contribution is 2.25. The summed E-state index contributed by atoms with van der Waals surface area (Å²) in [7, 11) is 0. The Labute approximate surface area is 192 Å². The second-order valence-corrected chi connectivity index (χ2v) is 9.25. The molecule has 2 aromatic heterocycles. The number of rotatable bonds is 6. The number of hydrogen-bond acceptors (Lipinski definition) is 7. The highest BCUT2D eigenvalue weighted by Gasteiger charge is 2.20. The molecule has 0 aliphatic carbocycles. The van der Waals surface area contributed by atoms with E-state index < -0.39 is 0 Å². The monoisotopic (exact) mass is 445 g/mol. The first-order valence-electron chi connectivity index (χ1n) is 11.0.